The van der Waals surface area contributed by atoms with E-state index in [0.717, 1.165) is 25.8 Å². The second-order valence-corrected chi connectivity index (χ2v) is 5.97. The van der Waals surface area contributed by atoms with Gasteiger partial charge in [-0.1, -0.05) is 40.5 Å². The molecular formula is C15H28N2O2. The van der Waals surface area contributed by atoms with E-state index in [2.05, 4.69) is 20.8 Å². The smallest absolute Gasteiger partial charge is 0.223 e. The summed E-state index contributed by atoms with van der Waals surface area (Å²) in [6.45, 7) is 8.98. The summed E-state index contributed by atoms with van der Waals surface area (Å²) in [6, 6.07) is -0.0446. The molecule has 110 valence electrons. The molecule has 1 rings (SSSR count). The Morgan fingerprint density at radius 2 is 2.05 bits per heavy atom. The largest absolute Gasteiger partial charge is 0.369 e. The van der Waals surface area contributed by atoms with Crippen molar-refractivity contribution in [2.45, 2.75) is 59.4 Å². The van der Waals surface area contributed by atoms with Gasteiger partial charge in [0.2, 0.25) is 11.8 Å². The maximum absolute atomic E-state index is 12.2. The van der Waals surface area contributed by atoms with Crippen LogP contribution < -0.4 is 5.73 Å². The van der Waals surface area contributed by atoms with Crippen molar-refractivity contribution in [1.82, 2.24) is 4.90 Å². The standard InChI is InChI=1S/C15H28N2O2/c1-5-7-12-8-13(18)17(9-12)14(10(3)6-2)11(4)15(16)19/h10-12,14H,5-9H2,1-4H3,(H2,16,19)/t10?,11?,12-,14+/m1/s1. The number of carbonyl (C=O) groups is 2. The molecule has 0 aromatic carbocycles. The topological polar surface area (TPSA) is 63.4 Å². The first-order chi connectivity index (χ1) is 8.92. The van der Waals surface area contributed by atoms with E-state index in [0.29, 0.717) is 18.3 Å². The fourth-order valence-corrected chi connectivity index (χ4v) is 3.18. The number of primary amides is 1. The highest BCUT2D eigenvalue weighted by atomic mass is 16.2. The van der Waals surface area contributed by atoms with Gasteiger partial charge in [0.15, 0.2) is 0 Å². The van der Waals surface area contributed by atoms with E-state index in [9.17, 15) is 9.59 Å². The Morgan fingerprint density at radius 1 is 1.42 bits per heavy atom. The van der Waals surface area contributed by atoms with E-state index < -0.39 is 0 Å². The number of nitrogens with two attached hydrogens (primary N) is 1. The van der Waals surface area contributed by atoms with Crippen LogP contribution >= 0.6 is 0 Å². The Kier molecular flexibility index (Phi) is 5.83. The van der Waals surface area contributed by atoms with Crippen molar-refractivity contribution >= 4 is 11.8 Å². The zero-order valence-electron chi connectivity index (χ0n) is 12.7. The van der Waals surface area contributed by atoms with Gasteiger partial charge in [-0.25, -0.2) is 0 Å². The molecule has 1 saturated heterocycles. The van der Waals surface area contributed by atoms with E-state index in [1.54, 1.807) is 0 Å². The predicted octanol–water partition coefficient (Wildman–Crippen LogP) is 2.17. The van der Waals surface area contributed by atoms with Gasteiger partial charge in [-0.2, -0.15) is 0 Å². The number of rotatable bonds is 7. The van der Waals surface area contributed by atoms with Crippen molar-refractivity contribution in [2.75, 3.05) is 6.54 Å². The molecular weight excluding hydrogens is 240 g/mol. The van der Waals surface area contributed by atoms with Gasteiger partial charge in [-0.3, -0.25) is 9.59 Å². The second-order valence-electron chi connectivity index (χ2n) is 5.97. The van der Waals surface area contributed by atoms with E-state index >= 15 is 0 Å². The van der Waals surface area contributed by atoms with Crippen LogP contribution in [-0.2, 0) is 9.59 Å². The number of amides is 2. The van der Waals surface area contributed by atoms with E-state index in [1.807, 2.05) is 11.8 Å². The molecule has 0 spiro atoms. The predicted molar refractivity (Wildman–Crippen MR) is 76.3 cm³/mol. The normalized spacial score (nSPS) is 24.3. The minimum absolute atomic E-state index is 0.0446. The zero-order chi connectivity index (χ0) is 14.6. The highest BCUT2D eigenvalue weighted by Crippen LogP contribution is 2.30. The average Bonchev–Trinajstić information content (AvgIpc) is 2.70. The van der Waals surface area contributed by atoms with Crippen molar-refractivity contribution in [3.05, 3.63) is 0 Å². The lowest BCUT2D eigenvalue weighted by molar-refractivity contribution is -0.134. The van der Waals surface area contributed by atoms with Crippen LogP contribution in [0.5, 0.6) is 0 Å². The van der Waals surface area contributed by atoms with Crippen LogP contribution in [0.1, 0.15) is 53.4 Å². The Morgan fingerprint density at radius 3 is 2.53 bits per heavy atom. The maximum atomic E-state index is 12.2. The summed E-state index contributed by atoms with van der Waals surface area (Å²) < 4.78 is 0. The minimum Gasteiger partial charge on any atom is -0.369 e. The first-order valence-electron chi connectivity index (χ1n) is 7.51. The van der Waals surface area contributed by atoms with Crippen molar-refractivity contribution in [3.63, 3.8) is 0 Å². The van der Waals surface area contributed by atoms with Crippen molar-refractivity contribution < 1.29 is 9.59 Å². The number of carbonyl (C=O) groups excluding carboxylic acids is 2. The van der Waals surface area contributed by atoms with Crippen LogP contribution in [0.3, 0.4) is 0 Å². The van der Waals surface area contributed by atoms with Crippen LogP contribution in [0.25, 0.3) is 0 Å². The summed E-state index contributed by atoms with van der Waals surface area (Å²) in [5, 5.41) is 0. The average molecular weight is 268 g/mol. The molecule has 4 atom stereocenters. The third kappa shape index (κ3) is 3.71. The number of hydrogen-bond donors (Lipinski definition) is 1. The van der Waals surface area contributed by atoms with Crippen LogP contribution in [0.15, 0.2) is 0 Å². The van der Waals surface area contributed by atoms with Gasteiger partial charge in [0.05, 0.1) is 5.92 Å². The Bertz CT molecular complexity index is 330. The first kappa shape index (κ1) is 16.0. The number of hydrogen-bond acceptors (Lipinski definition) is 2. The Balaban J connectivity index is 2.86. The second kappa shape index (κ2) is 6.92. The lowest BCUT2D eigenvalue weighted by Crippen LogP contribution is -2.48. The molecule has 2 amide bonds. The summed E-state index contributed by atoms with van der Waals surface area (Å²) in [4.78, 5) is 25.7. The lowest BCUT2D eigenvalue weighted by Gasteiger charge is -2.36. The van der Waals surface area contributed by atoms with Gasteiger partial charge in [0, 0.05) is 19.0 Å². The summed E-state index contributed by atoms with van der Waals surface area (Å²) in [5.74, 6) is 0.351. The first-order valence-corrected chi connectivity index (χ1v) is 7.51. The van der Waals surface area contributed by atoms with E-state index in [4.69, 9.17) is 5.73 Å². The van der Waals surface area contributed by atoms with Crippen molar-refractivity contribution in [1.29, 1.82) is 0 Å². The highest BCUT2D eigenvalue weighted by molar-refractivity contribution is 5.81. The minimum atomic E-state index is -0.308. The van der Waals surface area contributed by atoms with Crippen LogP contribution in [0.4, 0.5) is 0 Å². The molecule has 19 heavy (non-hydrogen) atoms. The Hall–Kier alpha value is -1.06. The molecule has 0 aromatic heterocycles. The highest BCUT2D eigenvalue weighted by Gasteiger charge is 2.39. The molecule has 1 heterocycles. The van der Waals surface area contributed by atoms with Gasteiger partial charge < -0.3 is 10.6 Å². The molecule has 4 heteroatoms. The SMILES string of the molecule is CCC[C@@H]1CC(=O)N([C@@H](C(C)CC)C(C)C(N)=O)C1. The van der Waals surface area contributed by atoms with Gasteiger partial charge in [-0.15, -0.1) is 0 Å². The molecule has 0 saturated carbocycles. The maximum Gasteiger partial charge on any atom is 0.223 e. The quantitative estimate of drug-likeness (QED) is 0.769. The monoisotopic (exact) mass is 268 g/mol. The summed E-state index contributed by atoms with van der Waals surface area (Å²) in [7, 11) is 0. The molecule has 0 aliphatic carbocycles. The molecule has 0 aromatic rings. The molecule has 1 aliphatic rings. The molecule has 1 aliphatic heterocycles. The molecule has 2 unspecified atom stereocenters. The van der Waals surface area contributed by atoms with E-state index in [1.165, 1.54) is 0 Å². The summed E-state index contributed by atoms with van der Waals surface area (Å²) in [6.07, 6.45) is 3.77. The van der Waals surface area contributed by atoms with Crippen molar-refractivity contribution in [3.8, 4) is 0 Å². The molecule has 4 nitrogen and oxygen atoms in total. The third-order valence-corrected chi connectivity index (χ3v) is 4.48. The van der Waals surface area contributed by atoms with Crippen molar-refractivity contribution in [2.24, 2.45) is 23.5 Å². The van der Waals surface area contributed by atoms with Crippen LogP contribution in [-0.4, -0.2) is 29.3 Å². The third-order valence-electron chi connectivity index (χ3n) is 4.48. The molecule has 1 fully saturated rings. The van der Waals surface area contributed by atoms with Crippen LogP contribution in [0, 0.1) is 17.8 Å². The van der Waals surface area contributed by atoms with E-state index in [-0.39, 0.29) is 23.8 Å². The molecule has 0 radical (unpaired) electrons. The Labute approximate surface area is 116 Å². The fraction of sp³-hybridized carbons (Fsp3) is 0.867. The summed E-state index contributed by atoms with van der Waals surface area (Å²) in [5.41, 5.74) is 5.46. The zero-order valence-corrected chi connectivity index (χ0v) is 12.7. The molecule has 0 bridgehead atoms. The fourth-order valence-electron chi connectivity index (χ4n) is 3.18. The number of nitrogens with zero attached hydrogens (tertiary/aromatic N) is 1. The number of likely N-dealkylation sites (tertiary alicyclic amines) is 1. The van der Waals surface area contributed by atoms with Gasteiger partial charge in [-0.05, 0) is 18.3 Å². The van der Waals surface area contributed by atoms with Gasteiger partial charge in [0.25, 0.3) is 0 Å². The lowest BCUT2D eigenvalue weighted by atomic mass is 9.87. The summed E-state index contributed by atoms with van der Waals surface area (Å²) >= 11 is 0. The molecule has 2 N–H and O–H groups in total. The van der Waals surface area contributed by atoms with Crippen LogP contribution in [0.2, 0.25) is 0 Å². The van der Waals surface area contributed by atoms with Gasteiger partial charge >= 0.3 is 0 Å². The van der Waals surface area contributed by atoms with Gasteiger partial charge in [0.1, 0.15) is 0 Å².